The summed E-state index contributed by atoms with van der Waals surface area (Å²) in [6.45, 7) is 8.80. The molecule has 0 aromatic carbocycles. The molecule has 0 amide bonds. The predicted octanol–water partition coefficient (Wildman–Crippen LogP) is 4.44. The van der Waals surface area contributed by atoms with Crippen LogP contribution in [0.5, 0.6) is 0 Å². The smallest absolute Gasteiger partial charge is 0.158 e. The van der Waals surface area contributed by atoms with Crippen molar-refractivity contribution in [2.45, 2.75) is 71.8 Å². The van der Waals surface area contributed by atoms with Crippen molar-refractivity contribution in [2.24, 2.45) is 28.6 Å². The van der Waals surface area contributed by atoms with Gasteiger partial charge in [-0.1, -0.05) is 38.0 Å². The van der Waals surface area contributed by atoms with E-state index in [4.69, 9.17) is 0 Å². The minimum atomic E-state index is -0.535. The highest BCUT2D eigenvalue weighted by molar-refractivity contribution is 5.93. The summed E-state index contributed by atoms with van der Waals surface area (Å²) in [4.78, 5) is 12.1. The van der Waals surface area contributed by atoms with Crippen molar-refractivity contribution < 1.29 is 9.90 Å². The lowest BCUT2D eigenvalue weighted by Gasteiger charge is -2.55. The number of hydrogen-bond acceptors (Lipinski definition) is 2. The van der Waals surface area contributed by atoms with E-state index in [-0.39, 0.29) is 16.7 Å². The summed E-state index contributed by atoms with van der Waals surface area (Å²) in [7, 11) is 0. The molecular weight excluding hydrogens is 284 g/mol. The second-order valence-electron chi connectivity index (χ2n) is 9.35. The van der Waals surface area contributed by atoms with Crippen LogP contribution in [-0.2, 0) is 4.79 Å². The predicted molar refractivity (Wildman–Crippen MR) is 91.9 cm³/mol. The fourth-order valence-electron chi connectivity index (χ4n) is 6.42. The van der Waals surface area contributed by atoms with Crippen LogP contribution in [0.15, 0.2) is 23.3 Å². The lowest BCUT2D eigenvalue weighted by molar-refractivity contribution is -0.119. The second kappa shape index (κ2) is 4.59. The van der Waals surface area contributed by atoms with Crippen LogP contribution in [0.4, 0.5) is 0 Å². The van der Waals surface area contributed by atoms with Crippen LogP contribution >= 0.6 is 0 Å². The first kappa shape index (κ1) is 15.6. The number of carbonyl (C=O) groups is 1. The van der Waals surface area contributed by atoms with Gasteiger partial charge in [0.15, 0.2) is 5.78 Å². The van der Waals surface area contributed by atoms with Crippen LogP contribution in [0.1, 0.15) is 66.2 Å². The van der Waals surface area contributed by atoms with Gasteiger partial charge >= 0.3 is 0 Å². The number of fused-ring (bicyclic) bond motifs is 5. The standard InChI is InChI=1S/C21H30O2/c1-13-12-19(2)14(11-18(13)22)5-6-15-16(19)7-9-20(3)17(15)8-10-21(20,4)23/h7,11,13,15,17,23H,5-6,8-10,12H2,1-4H3/t13-,15-,17-,19-,20-,21-/m1/s1. The average molecular weight is 314 g/mol. The Balaban J connectivity index is 1.78. The Morgan fingerprint density at radius 3 is 2.70 bits per heavy atom. The maximum Gasteiger partial charge on any atom is 0.158 e. The summed E-state index contributed by atoms with van der Waals surface area (Å²) < 4.78 is 0. The van der Waals surface area contributed by atoms with Crippen LogP contribution in [0, 0.1) is 28.6 Å². The van der Waals surface area contributed by atoms with Crippen molar-refractivity contribution >= 4 is 5.78 Å². The van der Waals surface area contributed by atoms with Crippen molar-refractivity contribution in [3.05, 3.63) is 23.3 Å². The van der Waals surface area contributed by atoms with Gasteiger partial charge in [-0.25, -0.2) is 0 Å². The molecule has 1 N–H and O–H groups in total. The van der Waals surface area contributed by atoms with Crippen LogP contribution in [-0.4, -0.2) is 16.5 Å². The molecule has 2 saturated carbocycles. The van der Waals surface area contributed by atoms with Gasteiger partial charge < -0.3 is 5.11 Å². The number of rotatable bonds is 0. The van der Waals surface area contributed by atoms with Gasteiger partial charge in [-0.2, -0.15) is 0 Å². The zero-order valence-electron chi connectivity index (χ0n) is 15.0. The summed E-state index contributed by atoms with van der Waals surface area (Å²) in [6, 6.07) is 0. The minimum Gasteiger partial charge on any atom is -0.390 e. The number of ketones is 1. The van der Waals surface area contributed by atoms with Gasteiger partial charge in [0.2, 0.25) is 0 Å². The minimum absolute atomic E-state index is 0.0227. The Morgan fingerprint density at radius 1 is 1.22 bits per heavy atom. The maximum atomic E-state index is 12.1. The molecule has 4 aliphatic carbocycles. The van der Waals surface area contributed by atoms with E-state index in [1.54, 1.807) is 5.57 Å². The van der Waals surface area contributed by atoms with Gasteiger partial charge in [0, 0.05) is 16.7 Å². The number of carbonyl (C=O) groups excluding carboxylic acids is 1. The molecule has 0 unspecified atom stereocenters. The zero-order chi connectivity index (χ0) is 16.6. The highest BCUT2D eigenvalue weighted by Crippen LogP contribution is 2.65. The van der Waals surface area contributed by atoms with E-state index in [1.807, 2.05) is 13.0 Å². The Labute approximate surface area is 140 Å². The first-order valence-electron chi connectivity index (χ1n) is 9.37. The third-order valence-corrected chi connectivity index (χ3v) is 8.21. The maximum absolute atomic E-state index is 12.1. The molecule has 0 aliphatic heterocycles. The largest absolute Gasteiger partial charge is 0.390 e. The van der Waals surface area contributed by atoms with Crippen molar-refractivity contribution in [3.8, 4) is 0 Å². The molecule has 126 valence electrons. The number of hydrogen-bond donors (Lipinski definition) is 1. The summed E-state index contributed by atoms with van der Waals surface area (Å²) in [5.41, 5.74) is 2.54. The van der Waals surface area contributed by atoms with Crippen molar-refractivity contribution in [1.82, 2.24) is 0 Å². The van der Waals surface area contributed by atoms with Crippen molar-refractivity contribution in [2.75, 3.05) is 0 Å². The topological polar surface area (TPSA) is 37.3 Å². The molecule has 0 saturated heterocycles. The first-order valence-corrected chi connectivity index (χ1v) is 9.37. The van der Waals surface area contributed by atoms with E-state index in [0.29, 0.717) is 17.6 Å². The van der Waals surface area contributed by atoms with E-state index in [2.05, 4.69) is 26.8 Å². The Kier molecular flexibility index (Phi) is 3.12. The Bertz CT molecular complexity index is 626. The van der Waals surface area contributed by atoms with Gasteiger partial charge in [0.05, 0.1) is 5.60 Å². The third-order valence-electron chi connectivity index (χ3n) is 8.21. The molecule has 6 atom stereocenters. The average Bonchev–Trinajstić information content (AvgIpc) is 2.71. The summed E-state index contributed by atoms with van der Waals surface area (Å²) in [5.74, 6) is 1.67. The normalized spacial score (nSPS) is 52.2. The summed E-state index contributed by atoms with van der Waals surface area (Å²) in [5, 5.41) is 10.9. The molecule has 0 radical (unpaired) electrons. The molecule has 2 heteroatoms. The van der Waals surface area contributed by atoms with Gasteiger partial charge in [-0.15, -0.1) is 0 Å². The fraction of sp³-hybridized carbons (Fsp3) is 0.762. The molecule has 0 heterocycles. The van der Waals surface area contributed by atoms with Gasteiger partial charge in [-0.3, -0.25) is 4.79 Å². The molecule has 2 fully saturated rings. The van der Waals surface area contributed by atoms with E-state index >= 15 is 0 Å². The van der Waals surface area contributed by atoms with Crippen molar-refractivity contribution in [3.63, 3.8) is 0 Å². The molecule has 4 rings (SSSR count). The second-order valence-corrected chi connectivity index (χ2v) is 9.35. The number of allylic oxidation sites excluding steroid dienone is 4. The van der Waals surface area contributed by atoms with Crippen LogP contribution in [0.25, 0.3) is 0 Å². The van der Waals surface area contributed by atoms with E-state index in [0.717, 1.165) is 38.5 Å². The molecule has 2 nitrogen and oxygen atoms in total. The first-order chi connectivity index (χ1) is 10.7. The lowest BCUT2D eigenvalue weighted by atomic mass is 9.50. The fourth-order valence-corrected chi connectivity index (χ4v) is 6.42. The molecule has 4 aliphatic rings. The van der Waals surface area contributed by atoms with Gasteiger partial charge in [0.25, 0.3) is 0 Å². The molecule has 0 bridgehead atoms. The monoisotopic (exact) mass is 314 g/mol. The van der Waals surface area contributed by atoms with E-state index in [1.165, 1.54) is 5.57 Å². The molecule has 0 aromatic rings. The zero-order valence-corrected chi connectivity index (χ0v) is 15.0. The summed E-state index contributed by atoms with van der Waals surface area (Å²) in [6.07, 6.45) is 10.7. The Hall–Kier alpha value is -0.890. The Morgan fingerprint density at radius 2 is 1.96 bits per heavy atom. The van der Waals surface area contributed by atoms with Crippen LogP contribution in [0.3, 0.4) is 0 Å². The molecule has 23 heavy (non-hydrogen) atoms. The number of aliphatic hydroxyl groups is 1. The SMILES string of the molecule is C[C@@H]1C[C@]2(C)C(=CC1=O)CC[C@@H]1C2=CC[C@]2(C)[C@@H]1CC[C@@]2(C)O. The van der Waals surface area contributed by atoms with Crippen LogP contribution in [0.2, 0.25) is 0 Å². The quantitative estimate of drug-likeness (QED) is 0.671. The van der Waals surface area contributed by atoms with Crippen LogP contribution < -0.4 is 0 Å². The highest BCUT2D eigenvalue weighted by Gasteiger charge is 2.60. The highest BCUT2D eigenvalue weighted by atomic mass is 16.3. The van der Waals surface area contributed by atoms with E-state index in [9.17, 15) is 9.90 Å². The molecule has 0 spiro atoms. The lowest BCUT2D eigenvalue weighted by Crippen LogP contribution is -2.49. The molecule has 0 aromatic heterocycles. The van der Waals surface area contributed by atoms with Gasteiger partial charge in [-0.05, 0) is 63.4 Å². The van der Waals surface area contributed by atoms with Crippen molar-refractivity contribution in [1.29, 1.82) is 0 Å². The third kappa shape index (κ3) is 1.88. The molecular formula is C21H30O2. The van der Waals surface area contributed by atoms with E-state index < -0.39 is 5.60 Å². The summed E-state index contributed by atoms with van der Waals surface area (Å²) >= 11 is 0. The van der Waals surface area contributed by atoms with Gasteiger partial charge in [0.1, 0.15) is 0 Å².